The minimum absolute atomic E-state index is 0. The fourth-order valence-electron chi connectivity index (χ4n) is 3.92. The molecule has 3 nitrogen and oxygen atoms in total. The third kappa shape index (κ3) is 27.3. The normalized spacial score (nSPS) is 11.5. The summed E-state index contributed by atoms with van der Waals surface area (Å²) in [4.78, 5) is 0. The number of thiol groups is 1. The molecule has 0 aliphatic heterocycles. The van der Waals surface area contributed by atoms with Gasteiger partial charge in [-0.15, -0.1) is 0 Å². The van der Waals surface area contributed by atoms with Gasteiger partial charge in [0, 0.05) is 0 Å². The minimum atomic E-state index is -3.38. The van der Waals surface area contributed by atoms with Crippen molar-refractivity contribution in [2.75, 3.05) is 5.75 Å². The van der Waals surface area contributed by atoms with E-state index in [4.69, 9.17) is 0 Å². The molecule has 0 bridgehead atoms. The predicted octanol–water partition coefficient (Wildman–Crippen LogP) is 5.90. The van der Waals surface area contributed by atoms with Crippen LogP contribution in [0.3, 0.4) is 0 Å². The van der Waals surface area contributed by atoms with Crippen molar-refractivity contribution >= 4 is 23.0 Å². The summed E-state index contributed by atoms with van der Waals surface area (Å²) >= 11 is 3.36. The first-order valence-electron chi connectivity index (χ1n) is 12.7. The van der Waals surface area contributed by atoms with E-state index in [1.807, 2.05) is 0 Å². The zero-order chi connectivity index (χ0) is 21.5. The average Bonchev–Trinajstić information content (AvgIpc) is 2.71. The van der Waals surface area contributed by atoms with Gasteiger partial charge in [0.2, 0.25) is 0 Å². The van der Waals surface area contributed by atoms with E-state index < -0.39 is 10.1 Å². The summed E-state index contributed by atoms with van der Waals surface area (Å²) in [6, 6.07) is 0. The van der Waals surface area contributed by atoms with Crippen LogP contribution >= 0.6 is 12.9 Å². The van der Waals surface area contributed by atoms with Gasteiger partial charge in [-0.25, -0.2) is 3.63 Å². The second kappa shape index (κ2) is 26.5. The van der Waals surface area contributed by atoms with Gasteiger partial charge in [0.05, 0.1) is 5.75 Å². The molecule has 0 aromatic carbocycles. The van der Waals surface area contributed by atoms with Crippen molar-refractivity contribution < 1.29 is 43.0 Å². The first kappa shape index (κ1) is 33.4. The summed E-state index contributed by atoms with van der Waals surface area (Å²) < 4.78 is 26.4. The Morgan fingerprint density at radius 3 is 1.00 bits per heavy atom. The zero-order valence-electron chi connectivity index (χ0n) is 21.3. The van der Waals surface area contributed by atoms with Crippen molar-refractivity contribution in [3.8, 4) is 0 Å². The molecule has 178 valence electrons. The molecule has 0 saturated carbocycles. The van der Waals surface area contributed by atoms with E-state index in [1.54, 1.807) is 0 Å². The molecular weight excluding hydrogens is 423 g/mol. The van der Waals surface area contributed by atoms with Gasteiger partial charge in [-0.2, -0.15) is 8.42 Å². The summed E-state index contributed by atoms with van der Waals surface area (Å²) in [5.74, 6) is 0.0929. The molecule has 0 amide bonds. The zero-order valence-corrected chi connectivity index (χ0v) is 24.1. The topological polar surface area (TPSA) is 43.4 Å². The first-order chi connectivity index (χ1) is 14.1. The molecule has 6 heteroatoms. The fourth-order valence-corrected chi connectivity index (χ4v) is 4.78. The van der Waals surface area contributed by atoms with E-state index in [0.29, 0.717) is 6.42 Å². The Kier molecular flexibility index (Phi) is 29.5. The molecule has 0 aliphatic carbocycles. The summed E-state index contributed by atoms with van der Waals surface area (Å²) in [6.07, 6.45) is 29.4. The van der Waals surface area contributed by atoms with Gasteiger partial charge in [0.15, 0.2) is 0 Å². The fraction of sp³-hybridized carbons (Fsp3) is 1.00. The molecule has 0 unspecified atom stereocenters. The number of hydrogen-bond acceptors (Lipinski definition) is 4. The quantitative estimate of drug-likeness (QED) is 0.0820. The summed E-state index contributed by atoms with van der Waals surface area (Å²) in [7, 11) is -3.38. The van der Waals surface area contributed by atoms with Gasteiger partial charge in [-0.3, -0.25) is 0 Å². The molecule has 30 heavy (non-hydrogen) atoms. The minimum Gasteiger partial charge on any atom is -1.00 e. The van der Waals surface area contributed by atoms with Crippen LogP contribution in [-0.2, 0) is 13.7 Å². The van der Waals surface area contributed by atoms with Crippen LogP contribution in [-0.4, -0.2) is 14.2 Å². The molecule has 0 spiro atoms. The maximum atomic E-state index is 11.1. The van der Waals surface area contributed by atoms with Crippen molar-refractivity contribution in [3.05, 3.63) is 0 Å². The van der Waals surface area contributed by atoms with Crippen molar-refractivity contribution in [2.45, 2.75) is 148 Å². The largest absolute Gasteiger partial charge is 1.00 e. The maximum absolute atomic E-state index is 11.1. The third-order valence-electron chi connectivity index (χ3n) is 5.86. The molecule has 0 heterocycles. The second-order valence-corrected chi connectivity index (χ2v) is 10.9. The van der Waals surface area contributed by atoms with Crippen molar-refractivity contribution in [1.82, 2.24) is 0 Å². The molecule has 0 atom stereocenters. The van der Waals surface area contributed by atoms with Crippen molar-refractivity contribution in [2.24, 2.45) is 0 Å². The van der Waals surface area contributed by atoms with E-state index >= 15 is 0 Å². The van der Waals surface area contributed by atoms with Gasteiger partial charge >= 0.3 is 29.6 Å². The van der Waals surface area contributed by atoms with Gasteiger partial charge in [0.1, 0.15) is 0 Å². The third-order valence-corrected chi connectivity index (χ3v) is 7.56. The van der Waals surface area contributed by atoms with Crippen LogP contribution in [0.1, 0.15) is 150 Å². The summed E-state index contributed by atoms with van der Waals surface area (Å²) in [6.45, 7) is 2.29. The van der Waals surface area contributed by atoms with Gasteiger partial charge < -0.3 is 1.43 Å². The van der Waals surface area contributed by atoms with Crippen molar-refractivity contribution in [1.29, 1.82) is 0 Å². The Morgan fingerprint density at radius 2 is 0.767 bits per heavy atom. The monoisotopic (exact) mass is 474 g/mol. The standard InChI is InChI=1S/C24H50O3S2.Na.H/c1-2-3-4-5-6-7-8-9-10-11-12-13-14-15-16-17-18-19-20-21-22-23-24-29(25,26)27-28;;/h28H,2-24H2,1H3;;/q;+1;-1. The molecule has 0 rings (SSSR count). The predicted molar refractivity (Wildman–Crippen MR) is 132 cm³/mol. The summed E-state index contributed by atoms with van der Waals surface area (Å²) in [5, 5.41) is 0. The van der Waals surface area contributed by atoms with E-state index in [1.165, 1.54) is 122 Å². The Morgan fingerprint density at radius 1 is 0.533 bits per heavy atom. The van der Waals surface area contributed by atoms with Gasteiger partial charge in [0.25, 0.3) is 10.1 Å². The Balaban J connectivity index is -0.00000392. The van der Waals surface area contributed by atoms with Crippen LogP contribution in [0.4, 0.5) is 0 Å². The van der Waals surface area contributed by atoms with E-state index in [2.05, 4.69) is 23.5 Å². The summed E-state index contributed by atoms with van der Waals surface area (Å²) in [5.41, 5.74) is 0. The number of rotatable bonds is 24. The smallest absolute Gasteiger partial charge is 1.00 e. The van der Waals surface area contributed by atoms with Gasteiger partial charge in [-0.1, -0.05) is 142 Å². The molecule has 0 radical (unpaired) electrons. The van der Waals surface area contributed by atoms with Crippen molar-refractivity contribution in [3.63, 3.8) is 0 Å². The molecule has 0 saturated heterocycles. The van der Waals surface area contributed by atoms with Crippen LogP contribution in [0.5, 0.6) is 0 Å². The molecule has 0 aromatic rings. The first-order valence-corrected chi connectivity index (χ1v) is 14.6. The Labute approximate surface area is 218 Å². The van der Waals surface area contributed by atoms with Gasteiger partial charge in [-0.05, 0) is 19.3 Å². The molecular formula is C24H51NaO3S2. The number of hydrogen-bond donors (Lipinski definition) is 1. The van der Waals surface area contributed by atoms with E-state index in [9.17, 15) is 8.42 Å². The Bertz CT molecular complexity index is 423. The van der Waals surface area contributed by atoms with E-state index in [0.717, 1.165) is 12.8 Å². The Hall–Kier alpha value is 1.26. The average molecular weight is 475 g/mol. The van der Waals surface area contributed by atoms with Crippen LogP contribution < -0.4 is 29.6 Å². The molecule has 0 N–H and O–H groups in total. The van der Waals surface area contributed by atoms with E-state index in [-0.39, 0.29) is 36.7 Å². The van der Waals surface area contributed by atoms with Crippen LogP contribution in [0.15, 0.2) is 0 Å². The van der Waals surface area contributed by atoms with Crippen LogP contribution in [0.2, 0.25) is 0 Å². The second-order valence-electron chi connectivity index (χ2n) is 8.76. The number of unbranched alkanes of at least 4 members (excludes halogenated alkanes) is 21. The molecule has 0 fully saturated rings. The maximum Gasteiger partial charge on any atom is 1.00 e. The SMILES string of the molecule is CCCCCCCCCCCCCCCCCCCCCCCCS(=O)(=O)OS.[H-].[Na+]. The van der Waals surface area contributed by atoms with Crippen LogP contribution in [0.25, 0.3) is 0 Å². The van der Waals surface area contributed by atoms with Crippen LogP contribution in [0, 0.1) is 0 Å². The molecule has 0 aromatic heterocycles. The molecule has 0 aliphatic rings.